The van der Waals surface area contributed by atoms with Crippen LogP contribution in [0.25, 0.3) is 0 Å². The summed E-state index contributed by atoms with van der Waals surface area (Å²) in [5.74, 6) is -2.00. The molecule has 0 saturated heterocycles. The van der Waals surface area contributed by atoms with Gasteiger partial charge in [0.05, 0.1) is 24.8 Å². The zero-order valence-electron chi connectivity index (χ0n) is 17.5. The summed E-state index contributed by atoms with van der Waals surface area (Å²) in [6.07, 6.45) is 2.29. The van der Waals surface area contributed by atoms with E-state index in [4.69, 9.17) is 5.11 Å². The quantitative estimate of drug-likeness (QED) is 0.325. The van der Waals surface area contributed by atoms with Crippen LogP contribution in [0.4, 0.5) is 0 Å². The number of nitrogens with one attached hydrogen (secondary N) is 2. The third-order valence-corrected chi connectivity index (χ3v) is 5.93. The fourth-order valence-electron chi connectivity index (χ4n) is 3.24. The number of benzene rings is 1. The van der Waals surface area contributed by atoms with E-state index in [0.717, 1.165) is 16.0 Å². The molecule has 0 saturated carbocycles. The van der Waals surface area contributed by atoms with Crippen LogP contribution in [-0.2, 0) is 25.6 Å². The Morgan fingerprint density at radius 2 is 1.90 bits per heavy atom. The highest BCUT2D eigenvalue weighted by molar-refractivity contribution is 7.10. The van der Waals surface area contributed by atoms with E-state index in [-0.39, 0.29) is 11.8 Å². The molecule has 166 valence electrons. The fraction of sp³-hybridized carbons (Fsp3) is 0.391. The summed E-state index contributed by atoms with van der Waals surface area (Å²) in [5.41, 5.74) is 2.08. The average molecular weight is 445 g/mol. The molecule has 0 bridgehead atoms. The maximum absolute atomic E-state index is 12.7. The summed E-state index contributed by atoms with van der Waals surface area (Å²) in [7, 11) is 0. The van der Waals surface area contributed by atoms with Gasteiger partial charge >= 0.3 is 5.97 Å². The zero-order valence-corrected chi connectivity index (χ0v) is 18.3. The molecule has 3 N–H and O–H groups in total. The average Bonchev–Trinajstić information content (AvgIpc) is 3.25. The van der Waals surface area contributed by atoms with Gasteiger partial charge in [0.25, 0.3) is 0 Å². The van der Waals surface area contributed by atoms with Crippen molar-refractivity contribution in [3.8, 4) is 0 Å². The summed E-state index contributed by atoms with van der Waals surface area (Å²) in [6, 6.07) is 10.4. The van der Waals surface area contributed by atoms with Gasteiger partial charge in [0, 0.05) is 11.4 Å². The number of hydrogen-bond acceptors (Lipinski definition) is 5. The molecule has 0 fully saturated rings. The van der Waals surface area contributed by atoms with Gasteiger partial charge in [0.2, 0.25) is 11.8 Å². The van der Waals surface area contributed by atoms with Crippen molar-refractivity contribution < 1.29 is 24.3 Å². The first-order valence-corrected chi connectivity index (χ1v) is 11.1. The minimum atomic E-state index is -1.15. The summed E-state index contributed by atoms with van der Waals surface area (Å²) in [5, 5.41) is 16.2. The summed E-state index contributed by atoms with van der Waals surface area (Å²) in [4.78, 5) is 47.6. The predicted octanol–water partition coefficient (Wildman–Crippen LogP) is 2.83. The van der Waals surface area contributed by atoms with Crippen LogP contribution in [0.2, 0.25) is 0 Å². The normalized spacial score (nSPS) is 12.5. The topological polar surface area (TPSA) is 113 Å². The standard InChI is InChI=1S/C23H28N2O5S/c1-16-7-2-3-8-17(16)13-21(27)24-11-5-4-9-19(20-10-6-12-31-20)23(30)25-18(15-26)14-22(28)29/h2-3,6-8,10,12,15,18-19H,4-5,9,11,13-14H2,1H3,(H,24,27)(H,25,30)(H,28,29)/t18-,19?/m0/s1. The molecule has 2 amide bonds. The number of aliphatic carboxylic acids is 1. The number of aryl methyl sites for hydroxylation is 1. The first-order valence-electron chi connectivity index (χ1n) is 10.2. The van der Waals surface area contributed by atoms with Crippen molar-refractivity contribution >= 4 is 35.4 Å². The third kappa shape index (κ3) is 8.33. The number of rotatable bonds is 13. The van der Waals surface area contributed by atoms with Crippen LogP contribution < -0.4 is 10.6 Å². The number of carboxylic acids is 1. The van der Waals surface area contributed by atoms with Gasteiger partial charge in [-0.05, 0) is 42.3 Å². The molecule has 1 aromatic carbocycles. The van der Waals surface area contributed by atoms with Gasteiger partial charge in [-0.15, -0.1) is 11.3 Å². The van der Waals surface area contributed by atoms with Crippen LogP contribution in [0.15, 0.2) is 41.8 Å². The Morgan fingerprint density at radius 1 is 1.13 bits per heavy atom. The molecule has 2 atom stereocenters. The number of carbonyl (C=O) groups is 4. The Bertz CT molecular complexity index is 882. The van der Waals surface area contributed by atoms with Crippen molar-refractivity contribution in [2.75, 3.05) is 6.54 Å². The Hall–Kier alpha value is -3.00. The van der Waals surface area contributed by atoms with Gasteiger partial charge in [-0.3, -0.25) is 14.4 Å². The van der Waals surface area contributed by atoms with Gasteiger partial charge in [0.1, 0.15) is 6.29 Å². The first kappa shape index (κ1) is 24.3. The van der Waals surface area contributed by atoms with E-state index in [1.807, 2.05) is 48.7 Å². The molecule has 7 nitrogen and oxygen atoms in total. The van der Waals surface area contributed by atoms with E-state index in [1.54, 1.807) is 0 Å². The van der Waals surface area contributed by atoms with Gasteiger partial charge < -0.3 is 20.5 Å². The van der Waals surface area contributed by atoms with Crippen molar-refractivity contribution in [2.45, 2.75) is 51.0 Å². The summed E-state index contributed by atoms with van der Waals surface area (Å²) < 4.78 is 0. The molecule has 1 aromatic heterocycles. The van der Waals surface area contributed by atoms with Crippen LogP contribution >= 0.6 is 11.3 Å². The van der Waals surface area contributed by atoms with E-state index >= 15 is 0 Å². The Morgan fingerprint density at radius 3 is 2.55 bits per heavy atom. The maximum Gasteiger partial charge on any atom is 0.305 e. The van der Waals surface area contributed by atoms with Crippen LogP contribution in [0.5, 0.6) is 0 Å². The molecule has 2 aromatic rings. The molecule has 0 radical (unpaired) electrons. The SMILES string of the molecule is Cc1ccccc1CC(=O)NCCCCC(C(=O)N[C@H](C=O)CC(=O)O)c1cccs1. The molecular formula is C23H28N2O5S. The van der Waals surface area contributed by atoms with Crippen molar-refractivity contribution in [3.63, 3.8) is 0 Å². The van der Waals surface area contributed by atoms with E-state index in [0.29, 0.717) is 38.5 Å². The molecule has 0 aliphatic carbocycles. The van der Waals surface area contributed by atoms with E-state index in [9.17, 15) is 19.2 Å². The highest BCUT2D eigenvalue weighted by Gasteiger charge is 2.24. The molecular weight excluding hydrogens is 416 g/mol. The van der Waals surface area contributed by atoms with E-state index in [1.165, 1.54) is 11.3 Å². The molecule has 0 aliphatic rings. The van der Waals surface area contributed by atoms with E-state index in [2.05, 4.69) is 10.6 Å². The lowest BCUT2D eigenvalue weighted by molar-refractivity contribution is -0.139. The molecule has 31 heavy (non-hydrogen) atoms. The number of hydrogen-bond donors (Lipinski definition) is 3. The minimum absolute atomic E-state index is 0.0376. The number of carboxylic acid groups (broad SMARTS) is 1. The first-order chi connectivity index (χ1) is 14.9. The Labute approximate surface area is 185 Å². The lowest BCUT2D eigenvalue weighted by Gasteiger charge is -2.18. The lowest BCUT2D eigenvalue weighted by atomic mass is 9.98. The second kappa shape index (κ2) is 12.6. The molecule has 1 heterocycles. The molecule has 2 rings (SSSR count). The molecule has 0 spiro atoms. The van der Waals surface area contributed by atoms with Gasteiger partial charge in [-0.25, -0.2) is 0 Å². The largest absolute Gasteiger partial charge is 0.481 e. The third-order valence-electron chi connectivity index (χ3n) is 4.94. The van der Waals surface area contributed by atoms with Crippen LogP contribution in [0, 0.1) is 6.92 Å². The Kier molecular flexibility index (Phi) is 9.90. The summed E-state index contributed by atoms with van der Waals surface area (Å²) >= 11 is 1.44. The number of amides is 2. The second-order valence-corrected chi connectivity index (χ2v) is 8.35. The molecule has 1 unspecified atom stereocenters. The van der Waals surface area contributed by atoms with Crippen LogP contribution in [0.3, 0.4) is 0 Å². The molecule has 0 aliphatic heterocycles. The van der Waals surface area contributed by atoms with Crippen LogP contribution in [0.1, 0.15) is 47.6 Å². The Balaban J connectivity index is 1.81. The highest BCUT2D eigenvalue weighted by Crippen LogP contribution is 2.26. The molecule has 8 heteroatoms. The zero-order chi connectivity index (χ0) is 22.6. The van der Waals surface area contributed by atoms with Gasteiger partial charge in [0.15, 0.2) is 0 Å². The second-order valence-electron chi connectivity index (χ2n) is 7.37. The number of thiophene rings is 1. The van der Waals surface area contributed by atoms with Crippen molar-refractivity contribution in [1.82, 2.24) is 10.6 Å². The van der Waals surface area contributed by atoms with E-state index < -0.39 is 24.3 Å². The predicted molar refractivity (Wildman–Crippen MR) is 119 cm³/mol. The van der Waals surface area contributed by atoms with Crippen molar-refractivity contribution in [2.24, 2.45) is 0 Å². The monoisotopic (exact) mass is 444 g/mol. The maximum atomic E-state index is 12.7. The smallest absolute Gasteiger partial charge is 0.305 e. The number of unbranched alkanes of at least 4 members (excludes halogenated alkanes) is 1. The van der Waals surface area contributed by atoms with Crippen LogP contribution in [-0.4, -0.2) is 41.8 Å². The van der Waals surface area contributed by atoms with Gasteiger partial charge in [-0.1, -0.05) is 36.8 Å². The van der Waals surface area contributed by atoms with Crippen molar-refractivity contribution in [1.29, 1.82) is 0 Å². The minimum Gasteiger partial charge on any atom is -0.481 e. The van der Waals surface area contributed by atoms with Gasteiger partial charge in [-0.2, -0.15) is 0 Å². The van der Waals surface area contributed by atoms with Crippen molar-refractivity contribution in [3.05, 3.63) is 57.8 Å². The lowest BCUT2D eigenvalue weighted by Crippen LogP contribution is -2.40. The highest BCUT2D eigenvalue weighted by atomic mass is 32.1. The summed E-state index contributed by atoms with van der Waals surface area (Å²) in [6.45, 7) is 2.49. The number of carbonyl (C=O) groups excluding carboxylic acids is 3. The fourth-order valence-corrected chi connectivity index (χ4v) is 4.10. The number of aldehydes is 1.